The number of carbonyl (C=O) groups excluding carboxylic acids is 2. The highest BCUT2D eigenvalue weighted by Crippen LogP contribution is 2.28. The molecule has 0 radical (unpaired) electrons. The Hall–Kier alpha value is -1.79. The fraction of sp³-hybridized carbons (Fsp3) is 0.769. The lowest BCUT2D eigenvalue weighted by atomic mass is 10.0. The summed E-state index contributed by atoms with van der Waals surface area (Å²) < 4.78 is 9.75. The number of carboxylic acid groups (broad SMARTS) is 1. The molecule has 1 rings (SSSR count). The predicted octanol–water partition coefficient (Wildman–Crippen LogP) is 1.26. The molecule has 7 nitrogen and oxygen atoms in total. The Morgan fingerprint density at radius 1 is 1.30 bits per heavy atom. The van der Waals surface area contributed by atoms with Crippen molar-refractivity contribution >= 4 is 18.0 Å². The van der Waals surface area contributed by atoms with E-state index in [1.165, 1.54) is 12.0 Å². The van der Waals surface area contributed by atoms with Crippen molar-refractivity contribution in [3.05, 3.63) is 0 Å². The lowest BCUT2D eigenvalue weighted by Crippen LogP contribution is -2.43. The molecule has 2 atom stereocenters. The zero-order valence-corrected chi connectivity index (χ0v) is 12.2. The monoisotopic (exact) mass is 287 g/mol. The maximum Gasteiger partial charge on any atom is 0.411 e. The van der Waals surface area contributed by atoms with Crippen molar-refractivity contribution in [3.63, 3.8) is 0 Å². The van der Waals surface area contributed by atoms with Gasteiger partial charge in [-0.25, -0.2) is 9.59 Å². The first-order valence-electron chi connectivity index (χ1n) is 6.43. The molecule has 1 aliphatic rings. The highest BCUT2D eigenvalue weighted by atomic mass is 16.6. The number of likely N-dealkylation sites (tertiary alicyclic amines) is 1. The van der Waals surface area contributed by atoms with Gasteiger partial charge in [-0.15, -0.1) is 0 Å². The zero-order valence-electron chi connectivity index (χ0n) is 12.2. The molecule has 20 heavy (non-hydrogen) atoms. The quantitative estimate of drug-likeness (QED) is 0.785. The number of esters is 1. The van der Waals surface area contributed by atoms with Gasteiger partial charge in [-0.1, -0.05) is 0 Å². The molecule has 1 N–H and O–H groups in total. The first-order chi connectivity index (χ1) is 9.14. The number of hydrogen-bond acceptors (Lipinski definition) is 5. The van der Waals surface area contributed by atoms with Gasteiger partial charge in [-0.2, -0.15) is 0 Å². The van der Waals surface area contributed by atoms with Crippen molar-refractivity contribution in [2.45, 2.75) is 45.3 Å². The van der Waals surface area contributed by atoms with Crippen LogP contribution in [-0.2, 0) is 19.1 Å². The SMILES string of the molecule is COC(=O)C[C@H]1C[C@H](C(=O)O)N(C(=O)OC(C)(C)C)C1. The van der Waals surface area contributed by atoms with Crippen LogP contribution >= 0.6 is 0 Å². The highest BCUT2D eigenvalue weighted by molar-refractivity contribution is 5.81. The normalized spacial score (nSPS) is 22.5. The average molecular weight is 287 g/mol. The number of hydrogen-bond donors (Lipinski definition) is 1. The summed E-state index contributed by atoms with van der Waals surface area (Å²) in [4.78, 5) is 35.6. The summed E-state index contributed by atoms with van der Waals surface area (Å²) in [7, 11) is 1.28. The number of nitrogens with zero attached hydrogens (tertiary/aromatic N) is 1. The molecule has 0 aliphatic carbocycles. The lowest BCUT2D eigenvalue weighted by molar-refractivity contribution is -0.143. The van der Waals surface area contributed by atoms with Gasteiger partial charge in [0.25, 0.3) is 0 Å². The summed E-state index contributed by atoms with van der Waals surface area (Å²) in [6.45, 7) is 5.31. The lowest BCUT2D eigenvalue weighted by Gasteiger charge is -2.26. The third-order valence-corrected chi connectivity index (χ3v) is 2.98. The van der Waals surface area contributed by atoms with Crippen LogP contribution in [0.3, 0.4) is 0 Å². The van der Waals surface area contributed by atoms with E-state index in [0.29, 0.717) is 0 Å². The molecule has 0 aromatic carbocycles. The molecule has 0 aromatic rings. The first-order valence-corrected chi connectivity index (χ1v) is 6.43. The van der Waals surface area contributed by atoms with Gasteiger partial charge in [-0.3, -0.25) is 9.69 Å². The summed E-state index contributed by atoms with van der Waals surface area (Å²) >= 11 is 0. The van der Waals surface area contributed by atoms with Gasteiger partial charge in [0.2, 0.25) is 0 Å². The summed E-state index contributed by atoms with van der Waals surface area (Å²) in [6.07, 6.45) is -0.347. The smallest absolute Gasteiger partial charge is 0.411 e. The Kier molecular flexibility index (Phi) is 4.97. The molecule has 0 saturated carbocycles. The van der Waals surface area contributed by atoms with E-state index in [4.69, 9.17) is 4.74 Å². The minimum atomic E-state index is -1.09. The molecule has 0 unspecified atom stereocenters. The largest absolute Gasteiger partial charge is 0.480 e. The van der Waals surface area contributed by atoms with Crippen molar-refractivity contribution < 1.29 is 29.0 Å². The van der Waals surface area contributed by atoms with Gasteiger partial charge in [-0.05, 0) is 33.1 Å². The van der Waals surface area contributed by atoms with Crippen LogP contribution < -0.4 is 0 Å². The number of amides is 1. The predicted molar refractivity (Wildman–Crippen MR) is 69.1 cm³/mol. The van der Waals surface area contributed by atoms with Crippen LogP contribution in [0.25, 0.3) is 0 Å². The molecular weight excluding hydrogens is 266 g/mol. The number of carbonyl (C=O) groups is 3. The van der Waals surface area contributed by atoms with E-state index in [1.807, 2.05) is 0 Å². The summed E-state index contributed by atoms with van der Waals surface area (Å²) in [6, 6.07) is -0.959. The minimum absolute atomic E-state index is 0.0968. The molecule has 1 saturated heterocycles. The highest BCUT2D eigenvalue weighted by Gasteiger charge is 2.42. The second-order valence-corrected chi connectivity index (χ2v) is 5.87. The number of carboxylic acids is 1. The molecule has 7 heteroatoms. The zero-order chi connectivity index (χ0) is 15.5. The average Bonchev–Trinajstić information content (AvgIpc) is 2.70. The van der Waals surface area contributed by atoms with Crippen LogP contribution in [0.1, 0.15) is 33.6 Å². The van der Waals surface area contributed by atoms with E-state index in [-0.39, 0.29) is 25.3 Å². The third kappa shape index (κ3) is 4.40. The van der Waals surface area contributed by atoms with E-state index >= 15 is 0 Å². The van der Waals surface area contributed by atoms with E-state index in [2.05, 4.69) is 4.74 Å². The van der Waals surface area contributed by atoms with Gasteiger partial charge in [0, 0.05) is 6.54 Å². The van der Waals surface area contributed by atoms with Crippen molar-refractivity contribution in [1.82, 2.24) is 4.90 Å². The van der Waals surface area contributed by atoms with Crippen LogP contribution in [0.2, 0.25) is 0 Å². The Balaban J connectivity index is 2.75. The van der Waals surface area contributed by atoms with E-state index < -0.39 is 29.7 Å². The second-order valence-electron chi connectivity index (χ2n) is 5.87. The van der Waals surface area contributed by atoms with Crippen molar-refractivity contribution in [2.24, 2.45) is 5.92 Å². The molecule has 114 valence electrons. The molecular formula is C13H21NO6. The maximum atomic E-state index is 12.0. The van der Waals surface area contributed by atoms with Gasteiger partial charge in [0.1, 0.15) is 11.6 Å². The third-order valence-electron chi connectivity index (χ3n) is 2.98. The van der Waals surface area contributed by atoms with Gasteiger partial charge in [0.15, 0.2) is 0 Å². The molecule has 1 heterocycles. The van der Waals surface area contributed by atoms with Crippen LogP contribution in [0.5, 0.6) is 0 Å². The molecule has 0 aromatic heterocycles. The number of rotatable bonds is 3. The number of methoxy groups -OCH3 is 1. The summed E-state index contributed by atoms with van der Waals surface area (Å²) in [5.74, 6) is -1.73. The minimum Gasteiger partial charge on any atom is -0.480 e. The maximum absolute atomic E-state index is 12.0. The van der Waals surface area contributed by atoms with Gasteiger partial charge in [0.05, 0.1) is 13.5 Å². The van der Waals surface area contributed by atoms with Crippen molar-refractivity contribution in [2.75, 3.05) is 13.7 Å². The topological polar surface area (TPSA) is 93.1 Å². The van der Waals surface area contributed by atoms with Crippen LogP contribution in [-0.4, -0.2) is 53.3 Å². The van der Waals surface area contributed by atoms with E-state index in [9.17, 15) is 19.5 Å². The summed E-state index contributed by atoms with van der Waals surface area (Å²) in [5.41, 5.74) is -0.694. The van der Waals surface area contributed by atoms with E-state index in [1.54, 1.807) is 20.8 Å². The Bertz CT molecular complexity index is 400. The second kappa shape index (κ2) is 6.11. The van der Waals surface area contributed by atoms with Gasteiger partial charge >= 0.3 is 18.0 Å². The molecule has 0 bridgehead atoms. The molecule has 0 spiro atoms. The first kappa shape index (κ1) is 16.3. The Morgan fingerprint density at radius 2 is 1.90 bits per heavy atom. The van der Waals surface area contributed by atoms with Crippen LogP contribution in [0.15, 0.2) is 0 Å². The Labute approximate surface area is 117 Å². The standard InChI is InChI=1S/C13H21NO6/c1-13(2,3)20-12(18)14-7-8(6-10(15)19-4)5-9(14)11(16)17/h8-9H,5-7H2,1-4H3,(H,16,17)/t8-,9-/m1/s1. The van der Waals surface area contributed by atoms with E-state index in [0.717, 1.165) is 0 Å². The fourth-order valence-corrected chi connectivity index (χ4v) is 2.15. The number of ether oxygens (including phenoxy) is 2. The van der Waals surface area contributed by atoms with Crippen molar-refractivity contribution in [1.29, 1.82) is 0 Å². The van der Waals surface area contributed by atoms with Gasteiger partial charge < -0.3 is 14.6 Å². The molecule has 1 aliphatic heterocycles. The molecule has 1 amide bonds. The summed E-state index contributed by atoms with van der Waals surface area (Å²) in [5, 5.41) is 9.17. The van der Waals surface area contributed by atoms with Crippen LogP contribution in [0, 0.1) is 5.92 Å². The van der Waals surface area contributed by atoms with Crippen molar-refractivity contribution in [3.8, 4) is 0 Å². The fourth-order valence-electron chi connectivity index (χ4n) is 2.15. The number of aliphatic carboxylic acids is 1. The Morgan fingerprint density at radius 3 is 2.35 bits per heavy atom. The molecule has 1 fully saturated rings. The van der Waals surface area contributed by atoms with Crippen LogP contribution in [0.4, 0.5) is 4.79 Å².